The van der Waals surface area contributed by atoms with Gasteiger partial charge in [0.1, 0.15) is 0 Å². The molecule has 35 heavy (non-hydrogen) atoms. The topological polar surface area (TPSA) is 0 Å². The zero-order valence-corrected chi connectivity index (χ0v) is 27.8. The Morgan fingerprint density at radius 1 is 0.743 bits per heavy atom. The fourth-order valence-electron chi connectivity index (χ4n) is 2.78. The standard InChI is InChI=1S/C16H24.C9H14.5C2H6/c1-6-8-13(4)15(7-2)16-11-12(3)9-10-14(16)5;1-7(2)6-9(5)8(3)4;5*1-2/h9-11H,6-8H2,1-5H3;6H,3,5H2,1-2,4H3;5*1-2H3/b15-13+;;;;;;. The third-order valence-corrected chi connectivity index (χ3v) is 4.22. The Bertz CT molecular complexity index is 647. The summed E-state index contributed by atoms with van der Waals surface area (Å²) in [6.45, 7) is 44.8. The van der Waals surface area contributed by atoms with E-state index < -0.39 is 0 Å². The van der Waals surface area contributed by atoms with E-state index in [2.05, 4.69) is 66.0 Å². The van der Waals surface area contributed by atoms with E-state index >= 15 is 0 Å². The molecule has 0 spiro atoms. The summed E-state index contributed by atoms with van der Waals surface area (Å²) in [5, 5.41) is 0. The molecule has 1 aromatic rings. The second-order valence-electron chi connectivity index (χ2n) is 7.21. The molecule has 0 heterocycles. The van der Waals surface area contributed by atoms with Gasteiger partial charge in [-0.25, -0.2) is 0 Å². The quantitative estimate of drug-likeness (QED) is 0.349. The van der Waals surface area contributed by atoms with E-state index in [-0.39, 0.29) is 0 Å². The highest BCUT2D eigenvalue weighted by molar-refractivity contribution is 5.71. The summed E-state index contributed by atoms with van der Waals surface area (Å²) in [5.41, 5.74) is 10.6. The first-order chi connectivity index (χ1) is 16.6. The second kappa shape index (κ2) is 36.7. The van der Waals surface area contributed by atoms with Crippen LogP contribution < -0.4 is 0 Å². The van der Waals surface area contributed by atoms with Gasteiger partial charge < -0.3 is 0 Å². The fraction of sp³-hybridized carbons (Fsp3) is 0.600. The Morgan fingerprint density at radius 2 is 1.17 bits per heavy atom. The van der Waals surface area contributed by atoms with Crippen molar-refractivity contribution >= 4 is 5.57 Å². The van der Waals surface area contributed by atoms with Crippen LogP contribution in [-0.4, -0.2) is 0 Å². The van der Waals surface area contributed by atoms with Gasteiger partial charge in [0.25, 0.3) is 0 Å². The molecular formula is C35H68. The van der Waals surface area contributed by atoms with E-state index in [1.807, 2.05) is 96.1 Å². The van der Waals surface area contributed by atoms with Crippen molar-refractivity contribution in [2.45, 2.75) is 144 Å². The molecule has 0 amide bonds. The van der Waals surface area contributed by atoms with E-state index in [0.717, 1.165) is 17.6 Å². The van der Waals surface area contributed by atoms with E-state index in [0.29, 0.717) is 0 Å². The molecule has 0 atom stereocenters. The molecule has 0 bridgehead atoms. The molecule has 0 heteroatoms. The van der Waals surface area contributed by atoms with Crippen LogP contribution in [0.4, 0.5) is 0 Å². The molecule has 0 aliphatic carbocycles. The predicted molar refractivity (Wildman–Crippen MR) is 174 cm³/mol. The van der Waals surface area contributed by atoms with Gasteiger partial charge in [0, 0.05) is 0 Å². The summed E-state index contributed by atoms with van der Waals surface area (Å²) in [4.78, 5) is 0. The van der Waals surface area contributed by atoms with Crippen molar-refractivity contribution < 1.29 is 0 Å². The van der Waals surface area contributed by atoms with Crippen molar-refractivity contribution in [3.63, 3.8) is 0 Å². The van der Waals surface area contributed by atoms with Crippen molar-refractivity contribution in [1.29, 1.82) is 0 Å². The summed E-state index contributed by atoms with van der Waals surface area (Å²) in [6.07, 6.45) is 5.62. The van der Waals surface area contributed by atoms with Crippen LogP contribution in [0.2, 0.25) is 0 Å². The maximum Gasteiger partial charge on any atom is -0.0193 e. The lowest BCUT2D eigenvalue weighted by Crippen LogP contribution is -1.93. The number of benzene rings is 1. The molecule has 0 fully saturated rings. The molecule has 0 unspecified atom stereocenters. The largest absolute Gasteiger partial charge is 0.0955 e. The third kappa shape index (κ3) is 28.3. The highest BCUT2D eigenvalue weighted by atomic mass is 14.1. The second-order valence-corrected chi connectivity index (χ2v) is 7.21. The first-order valence-corrected chi connectivity index (χ1v) is 14.4. The molecule has 0 saturated heterocycles. The zero-order chi connectivity index (χ0) is 29.6. The summed E-state index contributed by atoms with van der Waals surface area (Å²) in [7, 11) is 0. The zero-order valence-electron chi connectivity index (χ0n) is 27.8. The minimum Gasteiger partial charge on any atom is -0.0955 e. The van der Waals surface area contributed by atoms with Crippen LogP contribution in [0.1, 0.15) is 147 Å². The van der Waals surface area contributed by atoms with Crippen molar-refractivity contribution in [3.05, 3.63) is 76.4 Å². The van der Waals surface area contributed by atoms with Gasteiger partial charge in [-0.2, -0.15) is 0 Å². The van der Waals surface area contributed by atoms with Gasteiger partial charge in [0.05, 0.1) is 0 Å². The van der Waals surface area contributed by atoms with Crippen LogP contribution in [-0.2, 0) is 0 Å². The van der Waals surface area contributed by atoms with Gasteiger partial charge >= 0.3 is 0 Å². The van der Waals surface area contributed by atoms with Crippen molar-refractivity contribution in [2.24, 2.45) is 0 Å². The summed E-state index contributed by atoms with van der Waals surface area (Å²) >= 11 is 0. The van der Waals surface area contributed by atoms with Gasteiger partial charge in [-0.05, 0) is 76.7 Å². The monoisotopic (exact) mass is 489 g/mol. The number of hydrogen-bond donors (Lipinski definition) is 0. The number of rotatable bonds is 6. The van der Waals surface area contributed by atoms with Gasteiger partial charge in [-0.15, -0.1) is 0 Å². The lowest BCUT2D eigenvalue weighted by molar-refractivity contribution is 0.901. The molecule has 0 N–H and O–H groups in total. The maximum absolute atomic E-state index is 3.82. The first kappa shape index (κ1) is 46.5. The average Bonchev–Trinajstić information content (AvgIpc) is 2.88. The third-order valence-electron chi connectivity index (χ3n) is 4.22. The van der Waals surface area contributed by atoms with E-state index in [4.69, 9.17) is 0 Å². The SMILES string of the molecule is C=C(C)C(=C)C=C(C)C.CC.CC.CC.CC.CC.CCC/C(C)=C(\CC)c1cc(C)ccc1C. The minimum atomic E-state index is 1.02. The molecule has 1 aromatic carbocycles. The van der Waals surface area contributed by atoms with E-state index in [9.17, 15) is 0 Å². The van der Waals surface area contributed by atoms with Gasteiger partial charge in [-0.3, -0.25) is 0 Å². The molecule has 0 aliphatic heterocycles. The average molecular weight is 489 g/mol. The van der Waals surface area contributed by atoms with E-state index in [1.54, 1.807) is 11.1 Å². The number of hydrogen-bond acceptors (Lipinski definition) is 0. The number of allylic oxidation sites excluding steroid dienone is 6. The fourth-order valence-corrected chi connectivity index (χ4v) is 2.78. The Hall–Kier alpha value is -1.82. The minimum absolute atomic E-state index is 1.02. The summed E-state index contributed by atoms with van der Waals surface area (Å²) in [6, 6.07) is 6.76. The van der Waals surface area contributed by atoms with Crippen molar-refractivity contribution in [1.82, 2.24) is 0 Å². The van der Waals surface area contributed by atoms with Crippen LogP contribution in [0, 0.1) is 13.8 Å². The summed E-state index contributed by atoms with van der Waals surface area (Å²) < 4.78 is 0. The molecule has 0 aromatic heterocycles. The smallest absolute Gasteiger partial charge is 0.0193 e. The molecule has 1 rings (SSSR count). The van der Waals surface area contributed by atoms with Crippen LogP contribution in [0.15, 0.2) is 59.7 Å². The summed E-state index contributed by atoms with van der Waals surface area (Å²) in [5.74, 6) is 0. The van der Waals surface area contributed by atoms with Crippen molar-refractivity contribution in [3.8, 4) is 0 Å². The Balaban J connectivity index is -0.0000000943. The predicted octanol–water partition coefficient (Wildman–Crippen LogP) is 13.5. The molecule has 0 nitrogen and oxygen atoms in total. The highest BCUT2D eigenvalue weighted by Gasteiger charge is 2.06. The Morgan fingerprint density at radius 3 is 1.46 bits per heavy atom. The first-order valence-electron chi connectivity index (χ1n) is 14.4. The Kier molecular flexibility index (Phi) is 48.8. The normalized spacial score (nSPS) is 8.74. The highest BCUT2D eigenvalue weighted by Crippen LogP contribution is 2.28. The van der Waals surface area contributed by atoms with Gasteiger partial charge in [0.15, 0.2) is 0 Å². The van der Waals surface area contributed by atoms with Crippen LogP contribution in [0.3, 0.4) is 0 Å². The lowest BCUT2D eigenvalue weighted by atomic mass is 9.92. The maximum atomic E-state index is 3.82. The van der Waals surface area contributed by atoms with Crippen molar-refractivity contribution in [2.75, 3.05) is 0 Å². The van der Waals surface area contributed by atoms with Gasteiger partial charge in [0.2, 0.25) is 0 Å². The Labute approximate surface area is 225 Å². The molecular weight excluding hydrogens is 420 g/mol. The number of aryl methyl sites for hydroxylation is 2. The lowest BCUT2D eigenvalue weighted by Gasteiger charge is -2.14. The van der Waals surface area contributed by atoms with Crippen LogP contribution in [0.25, 0.3) is 5.57 Å². The molecule has 0 radical (unpaired) electrons. The van der Waals surface area contributed by atoms with Crippen LogP contribution >= 0.6 is 0 Å². The van der Waals surface area contributed by atoms with Crippen LogP contribution in [0.5, 0.6) is 0 Å². The van der Waals surface area contributed by atoms with E-state index in [1.165, 1.54) is 35.1 Å². The molecule has 0 aliphatic rings. The molecule has 208 valence electrons. The molecule has 0 saturated carbocycles. The van der Waals surface area contributed by atoms with Gasteiger partial charge in [-0.1, -0.05) is 149 Å².